The van der Waals surface area contributed by atoms with Gasteiger partial charge in [0.15, 0.2) is 17.8 Å². The van der Waals surface area contributed by atoms with Crippen molar-refractivity contribution in [1.29, 1.82) is 0 Å². The molecular formula is C12H14O5. The number of benzene rings is 1. The molecule has 0 amide bonds. The SMILES string of the molecule is COc1c(C=O)ccc(C(C)C(=O)O)c1OC. The first-order valence-corrected chi connectivity index (χ1v) is 4.99. The minimum atomic E-state index is -0.968. The second-order valence-corrected chi connectivity index (χ2v) is 3.49. The maximum Gasteiger partial charge on any atom is 0.310 e. The van der Waals surface area contributed by atoms with Gasteiger partial charge in [0.05, 0.1) is 25.7 Å². The van der Waals surface area contributed by atoms with Gasteiger partial charge in [0.1, 0.15) is 0 Å². The summed E-state index contributed by atoms with van der Waals surface area (Å²) < 4.78 is 10.2. The summed E-state index contributed by atoms with van der Waals surface area (Å²) >= 11 is 0. The van der Waals surface area contributed by atoms with Crippen LogP contribution in [0.1, 0.15) is 28.8 Å². The van der Waals surface area contributed by atoms with E-state index in [0.29, 0.717) is 17.4 Å². The molecule has 17 heavy (non-hydrogen) atoms. The lowest BCUT2D eigenvalue weighted by Gasteiger charge is -2.16. The van der Waals surface area contributed by atoms with E-state index in [1.165, 1.54) is 20.3 Å². The van der Waals surface area contributed by atoms with Crippen LogP contribution < -0.4 is 9.47 Å². The van der Waals surface area contributed by atoms with Crippen LogP contribution in [0.3, 0.4) is 0 Å². The van der Waals surface area contributed by atoms with Crippen molar-refractivity contribution in [2.24, 2.45) is 0 Å². The quantitative estimate of drug-likeness (QED) is 0.790. The molecule has 0 aromatic heterocycles. The van der Waals surface area contributed by atoms with E-state index in [-0.39, 0.29) is 11.5 Å². The number of rotatable bonds is 5. The van der Waals surface area contributed by atoms with E-state index in [9.17, 15) is 9.59 Å². The highest BCUT2D eigenvalue weighted by Gasteiger charge is 2.22. The molecule has 5 nitrogen and oxygen atoms in total. The van der Waals surface area contributed by atoms with Crippen LogP contribution in [0.25, 0.3) is 0 Å². The van der Waals surface area contributed by atoms with Gasteiger partial charge >= 0.3 is 5.97 Å². The Morgan fingerprint density at radius 2 is 1.88 bits per heavy atom. The van der Waals surface area contributed by atoms with Gasteiger partial charge in [0.25, 0.3) is 0 Å². The van der Waals surface area contributed by atoms with Crippen LogP contribution in [-0.4, -0.2) is 31.6 Å². The summed E-state index contributed by atoms with van der Waals surface area (Å²) in [5, 5.41) is 8.98. The molecule has 0 bridgehead atoms. The molecule has 1 aromatic carbocycles. The van der Waals surface area contributed by atoms with E-state index in [0.717, 1.165) is 0 Å². The molecule has 1 aromatic rings. The lowest BCUT2D eigenvalue weighted by atomic mass is 9.98. The molecule has 0 spiro atoms. The van der Waals surface area contributed by atoms with Crippen LogP contribution in [0, 0.1) is 0 Å². The summed E-state index contributed by atoms with van der Waals surface area (Å²) in [4.78, 5) is 21.8. The molecule has 0 fully saturated rings. The van der Waals surface area contributed by atoms with Gasteiger partial charge in [-0.1, -0.05) is 6.07 Å². The first kappa shape index (κ1) is 13.0. The van der Waals surface area contributed by atoms with Crippen molar-refractivity contribution in [3.8, 4) is 11.5 Å². The molecule has 92 valence electrons. The van der Waals surface area contributed by atoms with Gasteiger partial charge in [-0.05, 0) is 13.0 Å². The maximum atomic E-state index is 11.0. The summed E-state index contributed by atoms with van der Waals surface area (Å²) in [7, 11) is 2.81. The Balaban J connectivity index is 3.42. The number of carboxylic acids is 1. The third-order valence-corrected chi connectivity index (χ3v) is 2.55. The van der Waals surface area contributed by atoms with Crippen molar-refractivity contribution >= 4 is 12.3 Å². The molecule has 1 unspecified atom stereocenters. The third-order valence-electron chi connectivity index (χ3n) is 2.55. The van der Waals surface area contributed by atoms with Crippen molar-refractivity contribution in [2.75, 3.05) is 14.2 Å². The minimum Gasteiger partial charge on any atom is -0.493 e. The van der Waals surface area contributed by atoms with E-state index >= 15 is 0 Å². The Morgan fingerprint density at radius 3 is 2.29 bits per heavy atom. The second-order valence-electron chi connectivity index (χ2n) is 3.49. The number of carbonyl (C=O) groups excluding carboxylic acids is 1. The predicted molar refractivity (Wildman–Crippen MR) is 61.0 cm³/mol. The summed E-state index contributed by atoms with van der Waals surface area (Å²) in [5.41, 5.74) is 0.799. The van der Waals surface area contributed by atoms with Gasteiger partial charge in [-0.25, -0.2) is 0 Å². The Bertz CT molecular complexity index is 439. The van der Waals surface area contributed by atoms with E-state index < -0.39 is 11.9 Å². The van der Waals surface area contributed by atoms with Crippen LogP contribution >= 0.6 is 0 Å². The van der Waals surface area contributed by atoms with Gasteiger partial charge < -0.3 is 14.6 Å². The first-order valence-electron chi connectivity index (χ1n) is 4.99. The predicted octanol–water partition coefficient (Wildman–Crippen LogP) is 1.70. The van der Waals surface area contributed by atoms with E-state index in [2.05, 4.69) is 0 Å². The summed E-state index contributed by atoms with van der Waals surface area (Å²) in [5.74, 6) is -1.16. The molecule has 0 aliphatic carbocycles. The molecule has 0 heterocycles. The van der Waals surface area contributed by atoms with Gasteiger partial charge in [-0.2, -0.15) is 0 Å². The van der Waals surface area contributed by atoms with Crippen LogP contribution in [0.15, 0.2) is 12.1 Å². The fourth-order valence-corrected chi connectivity index (χ4v) is 1.58. The van der Waals surface area contributed by atoms with Gasteiger partial charge in [-0.15, -0.1) is 0 Å². The molecule has 1 rings (SSSR count). The number of hydrogen-bond acceptors (Lipinski definition) is 4. The number of carboxylic acid groups (broad SMARTS) is 1. The number of aldehydes is 1. The zero-order valence-corrected chi connectivity index (χ0v) is 9.89. The Hall–Kier alpha value is -2.04. The fraction of sp³-hybridized carbons (Fsp3) is 0.333. The first-order chi connectivity index (χ1) is 8.06. The maximum absolute atomic E-state index is 11.0. The average molecular weight is 238 g/mol. The van der Waals surface area contributed by atoms with Crippen LogP contribution in [0.5, 0.6) is 11.5 Å². The normalized spacial score (nSPS) is 11.7. The molecule has 0 aliphatic rings. The molecule has 1 N–H and O–H groups in total. The number of aliphatic carboxylic acids is 1. The Kier molecular flexibility index (Phi) is 4.09. The van der Waals surface area contributed by atoms with Crippen molar-refractivity contribution in [3.05, 3.63) is 23.3 Å². The molecule has 0 radical (unpaired) electrons. The highest BCUT2D eigenvalue weighted by molar-refractivity contribution is 5.84. The molecule has 5 heteroatoms. The van der Waals surface area contributed by atoms with Crippen molar-refractivity contribution in [1.82, 2.24) is 0 Å². The number of carbonyl (C=O) groups is 2. The number of ether oxygens (including phenoxy) is 2. The number of hydrogen-bond donors (Lipinski definition) is 1. The fourth-order valence-electron chi connectivity index (χ4n) is 1.58. The lowest BCUT2D eigenvalue weighted by Crippen LogP contribution is -2.10. The molecule has 0 aliphatic heterocycles. The smallest absolute Gasteiger partial charge is 0.310 e. The average Bonchev–Trinajstić information content (AvgIpc) is 2.35. The van der Waals surface area contributed by atoms with E-state index in [4.69, 9.17) is 14.6 Å². The van der Waals surface area contributed by atoms with Gasteiger partial charge in [0.2, 0.25) is 0 Å². The Morgan fingerprint density at radius 1 is 1.29 bits per heavy atom. The monoisotopic (exact) mass is 238 g/mol. The highest BCUT2D eigenvalue weighted by atomic mass is 16.5. The second kappa shape index (κ2) is 5.34. The summed E-state index contributed by atoms with van der Waals surface area (Å²) in [6, 6.07) is 3.08. The van der Waals surface area contributed by atoms with E-state index in [1.54, 1.807) is 13.0 Å². The van der Waals surface area contributed by atoms with Gasteiger partial charge in [-0.3, -0.25) is 9.59 Å². The van der Waals surface area contributed by atoms with Gasteiger partial charge in [0, 0.05) is 5.56 Å². The summed E-state index contributed by atoms with van der Waals surface area (Å²) in [6.45, 7) is 1.54. The highest BCUT2D eigenvalue weighted by Crippen LogP contribution is 2.37. The molecule has 0 saturated heterocycles. The molecule has 0 saturated carbocycles. The zero-order chi connectivity index (χ0) is 13.0. The lowest BCUT2D eigenvalue weighted by molar-refractivity contribution is -0.138. The molecule has 1 atom stereocenters. The largest absolute Gasteiger partial charge is 0.493 e. The topological polar surface area (TPSA) is 72.8 Å². The zero-order valence-electron chi connectivity index (χ0n) is 9.89. The summed E-state index contributed by atoms with van der Waals surface area (Å²) in [6.07, 6.45) is 0.635. The van der Waals surface area contributed by atoms with Crippen molar-refractivity contribution in [3.63, 3.8) is 0 Å². The van der Waals surface area contributed by atoms with Crippen molar-refractivity contribution in [2.45, 2.75) is 12.8 Å². The number of methoxy groups -OCH3 is 2. The molecular weight excluding hydrogens is 224 g/mol. The van der Waals surface area contributed by atoms with Crippen LogP contribution in [0.2, 0.25) is 0 Å². The van der Waals surface area contributed by atoms with Crippen LogP contribution in [-0.2, 0) is 4.79 Å². The minimum absolute atomic E-state index is 0.258. The standard InChI is InChI=1S/C12H14O5/c1-7(12(14)15)9-5-4-8(6-13)10(16-2)11(9)17-3/h4-7H,1-3H3,(H,14,15). The van der Waals surface area contributed by atoms with E-state index in [1.807, 2.05) is 0 Å². The van der Waals surface area contributed by atoms with Crippen molar-refractivity contribution < 1.29 is 24.2 Å². The Labute approximate surface area is 99.0 Å². The third kappa shape index (κ3) is 2.38. The van der Waals surface area contributed by atoms with Crippen LogP contribution in [0.4, 0.5) is 0 Å².